The zero-order valence-electron chi connectivity index (χ0n) is 79.1. The number of benzene rings is 5. The number of aromatic amines is 2. The Kier molecular flexibility index (Phi) is 34.0. The molecular formula is C106H89Cl5N20O14. The fourth-order valence-electron chi connectivity index (χ4n) is 14.5. The number of nitrogens with zero attached hydrogens (tertiary/aromatic N) is 14. The number of aryl methyl sites for hydroxylation is 4. The zero-order valence-corrected chi connectivity index (χ0v) is 82.8. The van der Waals surface area contributed by atoms with Crippen molar-refractivity contribution in [2.75, 3.05) is 43.2 Å². The molecule has 0 aliphatic rings. The first-order chi connectivity index (χ1) is 70.1. The molecule has 3 amide bonds. The average molecular weight is 2040 g/mol. The Hall–Kier alpha value is -16.9. The number of ketones is 2. The van der Waals surface area contributed by atoms with Gasteiger partial charge in [-0.3, -0.25) is 48.7 Å². The van der Waals surface area contributed by atoms with Crippen molar-refractivity contribution in [2.24, 2.45) is 0 Å². The van der Waals surface area contributed by atoms with Crippen LogP contribution in [0.4, 0.5) is 17.5 Å². The van der Waals surface area contributed by atoms with Gasteiger partial charge in [-0.15, -0.1) is 0 Å². The van der Waals surface area contributed by atoms with Crippen LogP contribution in [-0.2, 0) is 47.9 Å². The standard InChI is InChI=1S/C24H26ClN3O4.C23H18ClN5O3.C21H17ClN4O3.C21H16ClN3O3.C17H12ClN5O/c1-4-10-31-11-9-26-24(30)19-12-21(32-23(19)17-7-5-6-8-20(17)25)18-13-22(28-16(3)29)27-14-15(18)2;1-13-11-27-15(9-14(2)30)10-17(13)23-29-20(22(31)28-19-12-25-7-8-26-19)21(32-23)16-5-3-4-6-18(16)24;1-12-11-25-13(10-17(27)28-2)9-15(12)21-26-18(20-23-7-8-24-20)19(29-21)14-5-3-4-6-16(14)22;1-12-11-24-14(9-13(2)26)10-16(12)20-25-18(15-5-3-4-6-17(15)22)19(28-20)21-23-7-8-27-21;18-12-4-2-1-3-11(12)15-14(16-21-7-8-22-16)23-17(24-15)10-5-6-20-13(19)9-10/h5-8,12-14H,4,9-11H2,1-3H3,(H,26,30)(H,27,28,29);3-8,10-12H,9H2,1-2H3,(H,26,28,31);3-9,11H,10H2,1-2H3,(H,23,24);3-8,10-11H,9H2,1-2H3;1-9H,(H2,19,20)(H,21,22). The van der Waals surface area contributed by atoms with Gasteiger partial charge in [0.25, 0.3) is 17.7 Å². The van der Waals surface area contributed by atoms with Gasteiger partial charge in [-0.25, -0.2) is 49.8 Å². The average Bonchev–Trinajstić information content (AvgIpc) is 1.63. The third-order valence-corrected chi connectivity index (χ3v) is 23.0. The molecule has 0 aliphatic heterocycles. The molecule has 19 aromatic rings. The highest BCUT2D eigenvalue weighted by Crippen LogP contribution is 2.45. The molecule has 145 heavy (non-hydrogen) atoms. The largest absolute Gasteiger partial charge is 0.469 e. The zero-order chi connectivity index (χ0) is 102. The van der Waals surface area contributed by atoms with E-state index < -0.39 is 5.91 Å². The number of anilines is 3. The lowest BCUT2D eigenvalue weighted by Gasteiger charge is -2.07. The molecule has 39 heteroatoms. The number of amides is 3. The van der Waals surface area contributed by atoms with E-state index in [9.17, 15) is 28.8 Å². The summed E-state index contributed by atoms with van der Waals surface area (Å²) in [5.41, 5.74) is 19.8. The number of imidazole rings is 2. The van der Waals surface area contributed by atoms with Gasteiger partial charge in [0.15, 0.2) is 51.8 Å². The number of carbonyl (C=O) groups excluding carboxylic acids is 6. The van der Waals surface area contributed by atoms with Crippen molar-refractivity contribution in [1.82, 2.24) is 85.1 Å². The number of methoxy groups -OCH3 is 1. The quantitative estimate of drug-likeness (QED) is 0.0196. The van der Waals surface area contributed by atoms with Crippen LogP contribution in [0.5, 0.6) is 0 Å². The summed E-state index contributed by atoms with van der Waals surface area (Å²) in [5, 5.41) is 10.7. The highest BCUT2D eigenvalue weighted by molar-refractivity contribution is 6.35. The molecule has 0 atom stereocenters. The Morgan fingerprint density at radius 2 is 0.890 bits per heavy atom. The number of pyridine rings is 5. The molecule has 34 nitrogen and oxygen atoms in total. The number of furan rings is 1. The minimum absolute atomic E-state index is 0.0134. The van der Waals surface area contributed by atoms with Gasteiger partial charge < -0.3 is 67.6 Å². The van der Waals surface area contributed by atoms with Gasteiger partial charge >= 0.3 is 5.97 Å². The maximum atomic E-state index is 13.1. The van der Waals surface area contributed by atoms with Gasteiger partial charge in [-0.2, -0.15) is 0 Å². The van der Waals surface area contributed by atoms with Crippen LogP contribution in [0.3, 0.4) is 0 Å². The summed E-state index contributed by atoms with van der Waals surface area (Å²) in [5.74, 6) is 5.05. The minimum atomic E-state index is -0.522. The number of oxazole rings is 5. The Morgan fingerprint density at radius 1 is 0.407 bits per heavy atom. The number of carbonyl (C=O) groups is 6. The molecule has 19 rings (SSSR count). The van der Waals surface area contributed by atoms with Crippen LogP contribution in [0.1, 0.15) is 94.3 Å². The highest BCUT2D eigenvalue weighted by atomic mass is 35.5. The van der Waals surface area contributed by atoms with Crippen LogP contribution in [0.25, 0.3) is 148 Å². The topological polar surface area (TPSA) is 474 Å². The van der Waals surface area contributed by atoms with E-state index >= 15 is 0 Å². The lowest BCUT2D eigenvalue weighted by Crippen LogP contribution is -2.27. The van der Waals surface area contributed by atoms with E-state index in [1.807, 2.05) is 107 Å². The van der Waals surface area contributed by atoms with Crippen LogP contribution < -0.4 is 21.7 Å². The van der Waals surface area contributed by atoms with Crippen molar-refractivity contribution >= 4 is 111 Å². The van der Waals surface area contributed by atoms with Crippen molar-refractivity contribution < 1.29 is 64.7 Å². The lowest BCUT2D eigenvalue weighted by atomic mass is 10.1. The number of ether oxygens (including phenoxy) is 2. The van der Waals surface area contributed by atoms with E-state index in [2.05, 4.69) is 95.7 Å². The van der Waals surface area contributed by atoms with Crippen LogP contribution in [-0.4, -0.2) is 142 Å². The maximum Gasteiger partial charge on any atom is 0.311 e. The monoisotopic (exact) mass is 2040 g/mol. The number of aromatic nitrogens is 16. The molecule has 14 heterocycles. The van der Waals surface area contributed by atoms with Gasteiger partial charge in [0.1, 0.15) is 46.7 Å². The Bertz CT molecular complexity index is 7840. The molecule has 0 saturated heterocycles. The van der Waals surface area contributed by atoms with E-state index in [0.29, 0.717) is 194 Å². The van der Waals surface area contributed by atoms with Crippen molar-refractivity contribution in [3.05, 3.63) is 326 Å². The summed E-state index contributed by atoms with van der Waals surface area (Å²) in [6, 6.07) is 48.6. The minimum Gasteiger partial charge on any atom is -0.469 e. The first kappa shape index (κ1) is 102. The van der Waals surface area contributed by atoms with Gasteiger partial charge in [-0.1, -0.05) is 132 Å². The van der Waals surface area contributed by atoms with Gasteiger partial charge in [0.05, 0.1) is 68.9 Å². The number of nitrogen functional groups attached to an aromatic ring is 1. The Morgan fingerprint density at radius 3 is 1.38 bits per heavy atom. The predicted octanol–water partition coefficient (Wildman–Crippen LogP) is 23.3. The van der Waals surface area contributed by atoms with Gasteiger partial charge in [0, 0.05) is 168 Å². The number of Topliss-reactive ketones (excluding diaryl/α,β-unsaturated/α-hetero) is 2. The van der Waals surface area contributed by atoms with E-state index in [-0.39, 0.29) is 71.8 Å². The highest BCUT2D eigenvalue weighted by Gasteiger charge is 2.31. The van der Waals surface area contributed by atoms with E-state index in [1.165, 1.54) is 58.9 Å². The van der Waals surface area contributed by atoms with Crippen molar-refractivity contribution in [3.63, 3.8) is 0 Å². The summed E-state index contributed by atoms with van der Waals surface area (Å²) >= 11 is 31.9. The van der Waals surface area contributed by atoms with E-state index in [0.717, 1.165) is 50.9 Å². The van der Waals surface area contributed by atoms with Crippen molar-refractivity contribution in [3.8, 4) is 148 Å². The smallest absolute Gasteiger partial charge is 0.311 e. The molecule has 0 unspecified atom stereocenters. The van der Waals surface area contributed by atoms with Gasteiger partial charge in [-0.05, 0) is 167 Å². The number of hydrogen-bond acceptors (Lipinski definition) is 29. The fraction of sp³-hybridized carbons (Fsp3) is 0.151. The normalized spacial score (nSPS) is 10.8. The summed E-state index contributed by atoms with van der Waals surface area (Å²) in [4.78, 5) is 138. The van der Waals surface area contributed by atoms with Crippen LogP contribution >= 0.6 is 58.0 Å². The molecule has 14 aromatic heterocycles. The summed E-state index contributed by atoms with van der Waals surface area (Å²) < 4.78 is 46.0. The number of halogens is 5. The molecule has 5 aromatic carbocycles. The molecule has 0 aliphatic carbocycles. The third kappa shape index (κ3) is 25.7. The summed E-state index contributed by atoms with van der Waals surface area (Å²) in [6.07, 6.45) is 23.8. The molecule has 0 fully saturated rings. The Balaban J connectivity index is 0.000000137. The predicted molar refractivity (Wildman–Crippen MR) is 549 cm³/mol. The SMILES string of the molecule is CC(=O)Cc1cc(-c2nc(-c3ccccc3Cl)c(-c3ncco3)o2)c(C)cn1.CC(=O)Cc1cc(-c2nc(C(=O)Nc3cnccn3)c(-c3ccccc3Cl)o2)c(C)cn1.CCCOCCNC(=O)c1cc(-c2cc(NC(C)=O)ncc2C)oc1-c1ccccc1Cl.COC(=O)Cc1cc(-c2nc(-c3ncc[nH]3)c(-c3ccccc3Cl)o2)c(C)cn1.Nc1cc(-c2nc(-c3ncc[nH]3)c(-c3ccccc3Cl)o2)ccn1. The molecule has 0 bridgehead atoms. The number of esters is 1. The van der Waals surface area contributed by atoms with Crippen LogP contribution in [0, 0.1) is 27.7 Å². The number of rotatable bonds is 28. The first-order valence-corrected chi connectivity index (χ1v) is 46.7. The lowest BCUT2D eigenvalue weighted by molar-refractivity contribution is -0.139. The summed E-state index contributed by atoms with van der Waals surface area (Å²) in [6.45, 7) is 15.4. The second-order valence-corrected chi connectivity index (χ2v) is 34.2. The second-order valence-electron chi connectivity index (χ2n) is 32.2. The number of H-pyrrole nitrogens is 2. The van der Waals surface area contributed by atoms with Gasteiger partial charge in [0.2, 0.25) is 35.2 Å². The van der Waals surface area contributed by atoms with E-state index in [4.69, 9.17) is 99.7 Å². The number of nitrogens with two attached hydrogens (primary N) is 1. The molecule has 732 valence electrons. The first-order valence-electron chi connectivity index (χ1n) is 44.8. The fourth-order valence-corrected chi connectivity index (χ4v) is 15.6. The van der Waals surface area contributed by atoms with Crippen molar-refractivity contribution in [1.29, 1.82) is 0 Å². The summed E-state index contributed by atoms with van der Waals surface area (Å²) in [7, 11) is 1.34. The third-order valence-electron chi connectivity index (χ3n) is 21.3. The second kappa shape index (κ2) is 48.1. The molecule has 0 radical (unpaired) electrons. The van der Waals surface area contributed by atoms with Crippen LogP contribution in [0.2, 0.25) is 25.1 Å². The van der Waals surface area contributed by atoms with E-state index in [1.54, 1.807) is 147 Å². The van der Waals surface area contributed by atoms with Crippen LogP contribution in [0.15, 0.2) is 277 Å². The maximum absolute atomic E-state index is 13.1. The van der Waals surface area contributed by atoms with Crippen molar-refractivity contribution in [2.45, 2.75) is 81.1 Å². The molecular weight excluding hydrogens is 1950 g/mol. The number of nitrogens with one attached hydrogen (secondary N) is 5. The number of hydrogen-bond donors (Lipinski definition) is 6. The molecule has 7 N–H and O–H groups in total. The Labute approximate surface area is 853 Å². The molecule has 0 saturated carbocycles. The molecule has 0 spiro atoms.